The second kappa shape index (κ2) is 28.1. The van der Waals surface area contributed by atoms with E-state index in [-0.39, 0.29) is 30.9 Å². The molecule has 1 aliphatic heterocycles. The first-order valence-corrected chi connectivity index (χ1v) is 18.5. The van der Waals surface area contributed by atoms with E-state index in [9.17, 15) is 9.59 Å². The van der Waals surface area contributed by atoms with Crippen LogP contribution >= 0.6 is 0 Å². The number of ether oxygens (including phenoxy) is 4. The molecule has 17 nitrogen and oxygen atoms in total. The summed E-state index contributed by atoms with van der Waals surface area (Å²) in [6.07, 6.45) is 5.40. The molecule has 292 valence electrons. The Bertz CT molecular complexity index is 1360. The molecule has 0 aromatic heterocycles. The van der Waals surface area contributed by atoms with Gasteiger partial charge in [0, 0.05) is 41.4 Å². The summed E-state index contributed by atoms with van der Waals surface area (Å²) in [6.45, 7) is 7.73. The summed E-state index contributed by atoms with van der Waals surface area (Å²) < 4.78 is 22.0. The largest absolute Gasteiger partial charge is 0.379 e. The van der Waals surface area contributed by atoms with Crippen molar-refractivity contribution in [3.63, 3.8) is 0 Å². The smallest absolute Gasteiger partial charge is 0.251 e. The predicted octanol–water partition coefficient (Wildman–Crippen LogP) is 2.90. The average Bonchev–Trinajstić information content (AvgIpc) is 3.18. The number of nitrogens with one attached hydrogen (secondary N) is 7. The van der Waals surface area contributed by atoms with E-state index in [1.807, 2.05) is 30.3 Å². The van der Waals surface area contributed by atoms with Crippen molar-refractivity contribution in [1.29, 1.82) is 0 Å². The van der Waals surface area contributed by atoms with Crippen molar-refractivity contribution < 1.29 is 28.5 Å². The minimum absolute atomic E-state index is 0.121. The fourth-order valence-corrected chi connectivity index (χ4v) is 4.99. The molecule has 17 heteroatoms. The molecule has 2 aromatic rings. The molecule has 2 unspecified atom stereocenters. The van der Waals surface area contributed by atoms with E-state index in [1.54, 1.807) is 24.3 Å². The normalized spacial score (nSPS) is 15.9. The summed E-state index contributed by atoms with van der Waals surface area (Å²) in [5, 5.41) is 26.2. The number of aliphatic imine (C=N–C) groups is 1. The highest BCUT2D eigenvalue weighted by atomic mass is 16.5. The molecule has 2 aromatic carbocycles. The molecule has 1 fully saturated rings. The summed E-state index contributed by atoms with van der Waals surface area (Å²) >= 11 is 0. The monoisotopic (exact) mass is 739 g/mol. The molecule has 0 bridgehead atoms. The van der Waals surface area contributed by atoms with E-state index >= 15 is 0 Å². The zero-order chi connectivity index (χ0) is 37.6. The van der Waals surface area contributed by atoms with Crippen LogP contribution < -0.4 is 37.2 Å². The number of rotatable bonds is 29. The van der Waals surface area contributed by atoms with Gasteiger partial charge >= 0.3 is 0 Å². The number of anilines is 1. The minimum Gasteiger partial charge on any atom is -0.379 e. The third kappa shape index (κ3) is 19.8. The van der Waals surface area contributed by atoms with E-state index in [0.717, 1.165) is 18.7 Å². The lowest BCUT2D eigenvalue weighted by Gasteiger charge is -2.36. The standard InChI is InChI=1S/C36H57N11O6/c1-2-3-4-5-9-16-40-34-44-35(41-19-23-52-26-25-50-21-17-38-32(48)29-10-7-6-8-11-29)46-36(45-34)43-31-14-12-30(13-15-31)33(49)39-18-22-51-27-28-53-24-20-42-47-37/h6-8,10-15,34,36,40,43,45H,2-5,9,16-28H2,1H3,(H,38,48)(H,39,49)(H2,41,44,46). The topological polar surface area (TPSA) is 216 Å². The van der Waals surface area contributed by atoms with Crippen molar-refractivity contribution in [2.75, 3.05) is 90.9 Å². The van der Waals surface area contributed by atoms with Crippen LogP contribution in [-0.2, 0) is 18.9 Å². The van der Waals surface area contributed by atoms with Gasteiger partial charge < -0.3 is 45.5 Å². The average molecular weight is 740 g/mol. The number of nitrogens with zero attached hydrogens (tertiary/aromatic N) is 4. The highest BCUT2D eigenvalue weighted by Crippen LogP contribution is 2.11. The van der Waals surface area contributed by atoms with Crippen LogP contribution in [0.4, 0.5) is 5.69 Å². The van der Waals surface area contributed by atoms with Gasteiger partial charge in [-0.05, 0) is 54.9 Å². The number of hydrogen-bond donors (Lipinski definition) is 7. The molecule has 0 spiro atoms. The second-order valence-electron chi connectivity index (χ2n) is 11.9. The molecule has 2 amide bonds. The third-order valence-corrected chi connectivity index (χ3v) is 7.73. The molecular formula is C36H57N11O6. The molecule has 7 N–H and O–H groups in total. The van der Waals surface area contributed by atoms with E-state index < -0.39 is 0 Å². The Kier molecular flexibility index (Phi) is 22.7. The molecule has 53 heavy (non-hydrogen) atoms. The maximum atomic E-state index is 12.6. The van der Waals surface area contributed by atoms with Crippen LogP contribution in [0.3, 0.4) is 0 Å². The first-order chi connectivity index (χ1) is 26.1. The van der Waals surface area contributed by atoms with Gasteiger partial charge in [0.15, 0.2) is 12.2 Å². The van der Waals surface area contributed by atoms with Crippen molar-refractivity contribution >= 4 is 23.5 Å². The van der Waals surface area contributed by atoms with Gasteiger partial charge in [-0.15, -0.1) is 0 Å². The van der Waals surface area contributed by atoms with Crippen LogP contribution in [-0.4, -0.2) is 116 Å². The van der Waals surface area contributed by atoms with Crippen molar-refractivity contribution in [3.05, 3.63) is 76.2 Å². The van der Waals surface area contributed by atoms with Crippen LogP contribution in [0.25, 0.3) is 10.4 Å². The van der Waals surface area contributed by atoms with Gasteiger partial charge in [-0.25, -0.2) is 5.32 Å². The van der Waals surface area contributed by atoms with Crippen LogP contribution in [0.1, 0.15) is 59.7 Å². The first kappa shape index (κ1) is 42.9. The Morgan fingerprint density at radius 1 is 0.698 bits per heavy atom. The van der Waals surface area contributed by atoms with Crippen LogP contribution in [0.15, 0.2) is 64.7 Å². The lowest BCUT2D eigenvalue weighted by atomic mass is 10.1. The number of amides is 2. The third-order valence-electron chi connectivity index (χ3n) is 7.73. The van der Waals surface area contributed by atoms with E-state index in [2.05, 4.69) is 59.2 Å². The number of hydrogen-bond acceptors (Lipinski definition) is 11. The summed E-state index contributed by atoms with van der Waals surface area (Å²) in [4.78, 5) is 32.0. The van der Waals surface area contributed by atoms with E-state index in [1.165, 1.54) is 25.7 Å². The van der Waals surface area contributed by atoms with Gasteiger partial charge in [-0.1, -0.05) is 55.9 Å². The highest BCUT2D eigenvalue weighted by molar-refractivity contribution is 5.94. The summed E-state index contributed by atoms with van der Waals surface area (Å²) in [5.41, 5.74) is 10.2. The maximum absolute atomic E-state index is 12.6. The molecule has 3 rings (SSSR count). The lowest BCUT2D eigenvalue weighted by Crippen LogP contribution is -2.71. The van der Waals surface area contributed by atoms with Gasteiger partial charge in [0.2, 0.25) is 0 Å². The quantitative estimate of drug-likeness (QED) is 0.0279. The molecule has 0 saturated carbocycles. The zero-order valence-corrected chi connectivity index (χ0v) is 30.8. The Morgan fingerprint density at radius 3 is 1.92 bits per heavy atom. The highest BCUT2D eigenvalue weighted by Gasteiger charge is 2.23. The fourth-order valence-electron chi connectivity index (χ4n) is 4.99. The van der Waals surface area contributed by atoms with Crippen molar-refractivity contribution in [1.82, 2.24) is 31.9 Å². The SMILES string of the molecule is CCCCCCCNC1NC(=NCCOCCOCCNC(=O)c2ccccc2)NC(Nc2ccc(C(=O)NCCOCCOCCN=[N+]=[N-])cc2)N1. The first-order valence-electron chi connectivity index (χ1n) is 18.5. The fraction of sp³-hybridized carbons (Fsp3) is 0.583. The molecule has 0 aliphatic carbocycles. The summed E-state index contributed by atoms with van der Waals surface area (Å²) in [5.74, 6) is 0.309. The molecule has 1 heterocycles. The van der Waals surface area contributed by atoms with Crippen molar-refractivity contribution in [3.8, 4) is 0 Å². The van der Waals surface area contributed by atoms with Crippen molar-refractivity contribution in [2.45, 2.75) is 51.6 Å². The van der Waals surface area contributed by atoms with Gasteiger partial charge in [0.25, 0.3) is 11.8 Å². The summed E-state index contributed by atoms with van der Waals surface area (Å²) in [7, 11) is 0. The van der Waals surface area contributed by atoms with E-state index in [4.69, 9.17) is 24.5 Å². The molecule has 2 atom stereocenters. The summed E-state index contributed by atoms with van der Waals surface area (Å²) in [6, 6.07) is 16.3. The zero-order valence-electron chi connectivity index (χ0n) is 30.8. The molecule has 1 saturated heterocycles. The predicted molar refractivity (Wildman–Crippen MR) is 205 cm³/mol. The molecule has 1 aliphatic rings. The molecular weight excluding hydrogens is 682 g/mol. The maximum Gasteiger partial charge on any atom is 0.251 e. The van der Waals surface area contributed by atoms with Gasteiger partial charge in [0.05, 0.1) is 59.4 Å². The number of carbonyl (C=O) groups is 2. The van der Waals surface area contributed by atoms with Crippen LogP contribution in [0, 0.1) is 0 Å². The Labute approximate surface area is 312 Å². The number of carbonyl (C=O) groups excluding carboxylic acids is 2. The van der Waals surface area contributed by atoms with E-state index in [0.29, 0.717) is 89.6 Å². The number of unbranched alkanes of at least 4 members (excludes halogenated alkanes) is 4. The van der Waals surface area contributed by atoms with Crippen molar-refractivity contribution in [2.24, 2.45) is 10.1 Å². The minimum atomic E-state index is -0.343. The second-order valence-corrected chi connectivity index (χ2v) is 11.9. The van der Waals surface area contributed by atoms with Crippen LogP contribution in [0.5, 0.6) is 0 Å². The number of guanidine groups is 1. The number of azide groups is 1. The number of benzene rings is 2. The molecule has 0 radical (unpaired) electrons. The van der Waals surface area contributed by atoms with Crippen LogP contribution in [0.2, 0.25) is 0 Å². The Morgan fingerprint density at radius 2 is 1.28 bits per heavy atom. The Hall–Kier alpha value is -4.48. The van der Waals surface area contributed by atoms with Gasteiger partial charge in [-0.2, -0.15) is 0 Å². The Balaban J connectivity index is 1.36. The van der Waals surface area contributed by atoms with Gasteiger partial charge in [-0.3, -0.25) is 19.9 Å². The lowest BCUT2D eigenvalue weighted by molar-refractivity contribution is 0.0511. The van der Waals surface area contributed by atoms with Gasteiger partial charge in [0.1, 0.15) is 6.29 Å².